The van der Waals surface area contributed by atoms with Gasteiger partial charge in [0, 0.05) is 5.02 Å². The van der Waals surface area contributed by atoms with Crippen LogP contribution in [0.25, 0.3) is 0 Å². The summed E-state index contributed by atoms with van der Waals surface area (Å²) in [7, 11) is -4.45. The Morgan fingerprint density at radius 1 is 1.03 bits per heavy atom. The average Bonchev–Trinajstić information content (AvgIpc) is 2.83. The van der Waals surface area contributed by atoms with Crippen molar-refractivity contribution in [2.45, 2.75) is 11.5 Å². The number of carboxylic acid groups (broad SMARTS) is 1. The van der Waals surface area contributed by atoms with E-state index in [1.165, 1.54) is 12.1 Å². The fraction of sp³-hybridized carbons (Fsp3) is 0.0455. The molecule has 0 radical (unpaired) electrons. The van der Waals surface area contributed by atoms with Gasteiger partial charge in [0.05, 0.1) is 26.9 Å². The number of nitrogens with one attached hydrogen (secondary N) is 2. The van der Waals surface area contributed by atoms with Crippen molar-refractivity contribution in [2.75, 3.05) is 10.3 Å². The van der Waals surface area contributed by atoms with E-state index >= 15 is 0 Å². The average molecular weight is 538 g/mol. The number of amides is 2. The highest BCUT2D eigenvalue weighted by Gasteiger charge is 2.24. The molecule has 2 amide bonds. The molecule has 0 atom stereocenters. The zero-order valence-corrected chi connectivity index (χ0v) is 20.0. The van der Waals surface area contributed by atoms with E-state index in [0.717, 1.165) is 29.8 Å². The monoisotopic (exact) mass is 537 g/mol. The topological polar surface area (TPSA) is 142 Å². The van der Waals surface area contributed by atoms with E-state index in [0.29, 0.717) is 5.01 Å². The number of carbonyl (C=O) groups excluding carboxylic acids is 2. The fourth-order valence-corrected chi connectivity index (χ4v) is 4.19. The highest BCUT2D eigenvalue weighted by molar-refractivity contribution is 7.89. The van der Waals surface area contributed by atoms with Crippen molar-refractivity contribution < 1.29 is 32.6 Å². The quantitative estimate of drug-likeness (QED) is 0.272. The summed E-state index contributed by atoms with van der Waals surface area (Å²) < 4.78 is 30.9. The van der Waals surface area contributed by atoms with Crippen molar-refractivity contribution in [3.63, 3.8) is 0 Å². The molecule has 182 valence electrons. The van der Waals surface area contributed by atoms with Gasteiger partial charge in [-0.2, -0.15) is 0 Å². The molecule has 3 aromatic rings. The van der Waals surface area contributed by atoms with Crippen LogP contribution in [0.2, 0.25) is 10.0 Å². The molecule has 0 aliphatic rings. The molecular formula is C22H17Cl2N3O7S. The smallest absolute Gasteiger partial charge is 0.412 e. The van der Waals surface area contributed by atoms with Crippen LogP contribution in [0.5, 0.6) is 0 Å². The minimum absolute atomic E-state index is 0.0239. The Balaban J connectivity index is 1.81. The van der Waals surface area contributed by atoms with Crippen molar-refractivity contribution in [1.82, 2.24) is 4.83 Å². The van der Waals surface area contributed by atoms with Gasteiger partial charge >= 0.3 is 12.1 Å². The van der Waals surface area contributed by atoms with Crippen LogP contribution in [0.15, 0.2) is 71.6 Å². The molecule has 10 nitrogen and oxygen atoms in total. The van der Waals surface area contributed by atoms with Gasteiger partial charge in [-0.25, -0.2) is 23.0 Å². The van der Waals surface area contributed by atoms with E-state index in [4.69, 9.17) is 27.9 Å². The first-order valence-electron chi connectivity index (χ1n) is 9.68. The Bertz CT molecular complexity index is 1370. The second-order valence-corrected chi connectivity index (χ2v) is 9.37. The lowest BCUT2D eigenvalue weighted by molar-refractivity contribution is -0.107. The number of hydrogen-bond acceptors (Lipinski definition) is 6. The number of carboxylic acids is 1. The molecule has 0 unspecified atom stereocenters. The lowest BCUT2D eigenvalue weighted by Gasteiger charge is -2.21. The fourth-order valence-electron chi connectivity index (χ4n) is 2.83. The first-order chi connectivity index (χ1) is 16.6. The molecule has 0 spiro atoms. The number of aromatic carboxylic acids is 1. The van der Waals surface area contributed by atoms with Crippen molar-refractivity contribution in [3.8, 4) is 0 Å². The number of ether oxygens (including phenoxy) is 1. The molecule has 0 bridgehead atoms. The van der Waals surface area contributed by atoms with Gasteiger partial charge in [0.25, 0.3) is 10.0 Å². The van der Waals surface area contributed by atoms with Crippen LogP contribution in [0.1, 0.15) is 15.9 Å². The number of halogens is 2. The van der Waals surface area contributed by atoms with Gasteiger partial charge in [-0.1, -0.05) is 53.5 Å². The van der Waals surface area contributed by atoms with Crippen LogP contribution in [0, 0.1) is 0 Å². The molecule has 3 rings (SSSR count). The van der Waals surface area contributed by atoms with Gasteiger partial charge < -0.3 is 9.84 Å². The van der Waals surface area contributed by atoms with Gasteiger partial charge in [0.1, 0.15) is 6.61 Å². The van der Waals surface area contributed by atoms with E-state index in [2.05, 4.69) is 5.32 Å². The third-order valence-electron chi connectivity index (χ3n) is 4.47. The number of hydrogen-bond donors (Lipinski definition) is 3. The summed E-state index contributed by atoms with van der Waals surface area (Å²) in [5.74, 6) is -1.41. The van der Waals surface area contributed by atoms with Gasteiger partial charge in [-0.3, -0.25) is 10.1 Å². The van der Waals surface area contributed by atoms with Crippen LogP contribution >= 0.6 is 23.2 Å². The number of nitrogens with zero attached hydrogens (tertiary/aromatic N) is 1. The van der Waals surface area contributed by atoms with Gasteiger partial charge in [-0.05, 0) is 42.0 Å². The molecule has 0 saturated heterocycles. The number of anilines is 2. The van der Waals surface area contributed by atoms with Crippen molar-refractivity contribution >= 4 is 63.1 Å². The molecule has 0 aliphatic carbocycles. The Morgan fingerprint density at radius 2 is 1.74 bits per heavy atom. The van der Waals surface area contributed by atoms with E-state index < -0.39 is 22.1 Å². The van der Waals surface area contributed by atoms with E-state index in [9.17, 15) is 27.9 Å². The molecule has 13 heteroatoms. The minimum Gasteiger partial charge on any atom is -0.478 e. The second kappa shape index (κ2) is 11.2. The highest BCUT2D eigenvalue weighted by Crippen LogP contribution is 2.27. The molecular weight excluding hydrogens is 521 g/mol. The maximum Gasteiger partial charge on any atom is 0.412 e. The number of carbonyl (C=O) groups is 3. The summed E-state index contributed by atoms with van der Waals surface area (Å²) in [5, 5.41) is 12.3. The Hall–Kier alpha value is -3.64. The van der Waals surface area contributed by atoms with Gasteiger partial charge in [0.15, 0.2) is 0 Å². The van der Waals surface area contributed by atoms with Crippen LogP contribution in [0.4, 0.5) is 16.2 Å². The van der Waals surface area contributed by atoms with Crippen molar-refractivity contribution in [3.05, 3.63) is 87.9 Å². The maximum absolute atomic E-state index is 12.9. The summed E-state index contributed by atoms with van der Waals surface area (Å²) in [6.45, 7) is -0.0241. The number of benzene rings is 3. The Labute approximate surface area is 210 Å². The zero-order chi connectivity index (χ0) is 25.6. The van der Waals surface area contributed by atoms with Crippen LogP contribution in [0.3, 0.4) is 0 Å². The summed E-state index contributed by atoms with van der Waals surface area (Å²) in [4.78, 5) is 36.9. The molecule has 3 aromatic carbocycles. The lowest BCUT2D eigenvalue weighted by atomic mass is 10.2. The molecule has 35 heavy (non-hydrogen) atoms. The first kappa shape index (κ1) is 26.0. The second-order valence-electron chi connectivity index (χ2n) is 6.87. The Morgan fingerprint density at radius 3 is 2.40 bits per heavy atom. The minimum atomic E-state index is -4.45. The summed E-state index contributed by atoms with van der Waals surface area (Å²) in [6.07, 6.45) is -0.802. The third kappa shape index (κ3) is 6.70. The largest absolute Gasteiger partial charge is 0.478 e. The van der Waals surface area contributed by atoms with Gasteiger partial charge in [0.2, 0.25) is 6.41 Å². The zero-order valence-electron chi connectivity index (χ0n) is 17.6. The summed E-state index contributed by atoms with van der Waals surface area (Å²) in [6, 6.07) is 15.8. The van der Waals surface area contributed by atoms with Crippen molar-refractivity contribution in [2.24, 2.45) is 0 Å². The van der Waals surface area contributed by atoms with Crippen molar-refractivity contribution in [1.29, 1.82) is 0 Å². The first-order valence-corrected chi connectivity index (χ1v) is 11.9. The summed E-state index contributed by atoms with van der Waals surface area (Å²) in [5.41, 5.74) is -0.00610. The molecule has 3 N–H and O–H groups in total. The summed E-state index contributed by atoms with van der Waals surface area (Å²) >= 11 is 12.0. The predicted octanol–water partition coefficient (Wildman–Crippen LogP) is 4.30. The van der Waals surface area contributed by atoms with Crippen LogP contribution < -0.4 is 15.2 Å². The van der Waals surface area contributed by atoms with E-state index in [-0.39, 0.29) is 44.9 Å². The van der Waals surface area contributed by atoms with Gasteiger partial charge in [-0.15, -0.1) is 4.83 Å². The molecule has 0 saturated carbocycles. The SMILES string of the molecule is O=CN(NS(=O)(=O)c1ccc(Cl)c(NC(=O)OCc2ccccc2)c1)c1cc(Cl)ccc1C(=O)O. The van der Waals surface area contributed by atoms with Crippen LogP contribution in [-0.4, -0.2) is 32.0 Å². The number of rotatable bonds is 9. The van der Waals surface area contributed by atoms with E-state index in [1.807, 2.05) is 10.9 Å². The third-order valence-corrected chi connectivity index (χ3v) is 6.35. The highest BCUT2D eigenvalue weighted by atomic mass is 35.5. The van der Waals surface area contributed by atoms with Crippen LogP contribution in [-0.2, 0) is 26.2 Å². The predicted molar refractivity (Wildman–Crippen MR) is 129 cm³/mol. The molecule has 0 aromatic heterocycles. The standard InChI is InChI=1S/C22H17Cl2N3O7S/c23-15-6-8-17(21(29)30)20(10-15)27(13-28)26-35(32,33)16-7-9-18(24)19(11-16)25-22(31)34-12-14-4-2-1-3-5-14/h1-11,13,26H,12H2,(H,25,31)(H,29,30). The maximum atomic E-state index is 12.9. The lowest BCUT2D eigenvalue weighted by Crippen LogP contribution is -2.42. The van der Waals surface area contributed by atoms with E-state index in [1.54, 1.807) is 24.3 Å². The number of hydrazine groups is 1. The molecule has 0 aliphatic heterocycles. The number of sulfonamides is 1. The normalized spacial score (nSPS) is 10.9. The Kier molecular flexibility index (Phi) is 8.30. The molecule has 0 fully saturated rings. The molecule has 0 heterocycles.